The molecule has 112 valence electrons. The molecule has 2 rings (SSSR count). The number of nitrogens with one attached hydrogen (secondary N) is 1. The minimum atomic E-state index is -0.223. The molecule has 0 amide bonds. The lowest BCUT2D eigenvalue weighted by molar-refractivity contribution is 0.0844. The Balaban J connectivity index is 2.04. The summed E-state index contributed by atoms with van der Waals surface area (Å²) in [5.41, 5.74) is 1.24. The molecule has 1 aliphatic rings. The average molecular weight is 298 g/mol. The van der Waals surface area contributed by atoms with E-state index in [0.717, 1.165) is 12.8 Å². The monoisotopic (exact) mass is 297 g/mol. The van der Waals surface area contributed by atoms with Crippen LogP contribution in [0.25, 0.3) is 0 Å². The summed E-state index contributed by atoms with van der Waals surface area (Å²) in [6, 6.07) is 5.28. The van der Waals surface area contributed by atoms with Gasteiger partial charge in [0.15, 0.2) is 0 Å². The minimum Gasteiger partial charge on any atom is -0.310 e. The molecule has 20 heavy (non-hydrogen) atoms. The van der Waals surface area contributed by atoms with Gasteiger partial charge in [0.25, 0.3) is 0 Å². The van der Waals surface area contributed by atoms with Crippen LogP contribution in [0.4, 0.5) is 4.39 Å². The van der Waals surface area contributed by atoms with E-state index in [1.54, 1.807) is 12.1 Å². The van der Waals surface area contributed by atoms with Crippen molar-refractivity contribution in [1.82, 2.24) is 5.32 Å². The van der Waals surface area contributed by atoms with Crippen molar-refractivity contribution in [2.45, 2.75) is 59.5 Å². The topological polar surface area (TPSA) is 12.0 Å². The van der Waals surface area contributed by atoms with Crippen LogP contribution in [0.15, 0.2) is 18.2 Å². The molecule has 0 aromatic heterocycles. The highest BCUT2D eigenvalue weighted by atomic mass is 35.5. The molecule has 1 aliphatic carbocycles. The Morgan fingerprint density at radius 1 is 1.20 bits per heavy atom. The van der Waals surface area contributed by atoms with E-state index < -0.39 is 0 Å². The smallest absolute Gasteiger partial charge is 0.129 e. The van der Waals surface area contributed by atoms with Gasteiger partial charge >= 0.3 is 0 Å². The molecule has 3 heteroatoms. The molecule has 0 aliphatic heterocycles. The minimum absolute atomic E-state index is 0.223. The maximum Gasteiger partial charge on any atom is 0.129 e. The Hall–Kier alpha value is -0.600. The molecular weight excluding hydrogens is 273 g/mol. The molecule has 0 unspecified atom stereocenters. The lowest BCUT2D eigenvalue weighted by Crippen LogP contribution is -2.43. The van der Waals surface area contributed by atoms with Crippen LogP contribution in [0.2, 0.25) is 5.02 Å². The predicted molar refractivity (Wildman–Crippen MR) is 83.5 cm³/mol. The van der Waals surface area contributed by atoms with Gasteiger partial charge in [-0.2, -0.15) is 0 Å². The Morgan fingerprint density at radius 3 is 2.35 bits per heavy atom. The molecule has 1 fully saturated rings. The zero-order chi connectivity index (χ0) is 15.0. The Kier molecular flexibility index (Phi) is 4.46. The summed E-state index contributed by atoms with van der Waals surface area (Å²) >= 11 is 6.08. The van der Waals surface area contributed by atoms with Crippen molar-refractivity contribution < 1.29 is 4.39 Å². The van der Waals surface area contributed by atoms with Crippen molar-refractivity contribution in [3.05, 3.63) is 34.6 Å². The Labute approximate surface area is 126 Å². The first-order chi connectivity index (χ1) is 9.19. The van der Waals surface area contributed by atoms with E-state index in [2.05, 4.69) is 33.0 Å². The zero-order valence-corrected chi connectivity index (χ0v) is 13.6. The Bertz CT molecular complexity index is 446. The first kappa shape index (κ1) is 15.8. The normalized spacial score (nSPS) is 21.9. The standard InChI is InChI=1S/C17H25ClFN/c1-16(2)8-12(9-17(3,4)11-16)20-10-13-14(18)6-5-7-15(13)19/h5-7,12,20H,8-11H2,1-4H3. The second-order valence-corrected chi connectivity index (χ2v) is 8.10. The molecular formula is C17H25ClFN. The van der Waals surface area contributed by atoms with Crippen LogP contribution in [-0.2, 0) is 6.54 Å². The molecule has 0 spiro atoms. The molecule has 1 N–H and O–H groups in total. The van der Waals surface area contributed by atoms with Crippen LogP contribution in [-0.4, -0.2) is 6.04 Å². The van der Waals surface area contributed by atoms with Crippen molar-refractivity contribution in [2.24, 2.45) is 10.8 Å². The SMILES string of the molecule is CC1(C)CC(NCc2c(F)cccc2Cl)CC(C)(C)C1. The second-order valence-electron chi connectivity index (χ2n) is 7.69. The van der Waals surface area contributed by atoms with Gasteiger partial charge in [-0.15, -0.1) is 0 Å². The number of halogens is 2. The summed E-state index contributed by atoms with van der Waals surface area (Å²) in [7, 11) is 0. The third-order valence-corrected chi connectivity index (χ3v) is 4.54. The molecule has 1 aromatic rings. The lowest BCUT2D eigenvalue weighted by Gasteiger charge is -2.45. The van der Waals surface area contributed by atoms with E-state index in [-0.39, 0.29) is 5.82 Å². The van der Waals surface area contributed by atoms with Crippen LogP contribution < -0.4 is 5.32 Å². The third-order valence-electron chi connectivity index (χ3n) is 4.18. The van der Waals surface area contributed by atoms with Gasteiger partial charge in [0.05, 0.1) is 0 Å². The van der Waals surface area contributed by atoms with Gasteiger partial charge in [-0.05, 0) is 42.2 Å². The number of hydrogen-bond acceptors (Lipinski definition) is 1. The summed E-state index contributed by atoms with van der Waals surface area (Å²) in [5.74, 6) is -0.223. The summed E-state index contributed by atoms with van der Waals surface area (Å²) in [6.07, 6.45) is 3.49. The highest BCUT2D eigenvalue weighted by molar-refractivity contribution is 6.31. The summed E-state index contributed by atoms with van der Waals surface area (Å²) < 4.78 is 13.8. The number of hydrogen-bond donors (Lipinski definition) is 1. The van der Waals surface area contributed by atoms with Gasteiger partial charge in [0, 0.05) is 23.2 Å². The third kappa shape index (κ3) is 3.95. The van der Waals surface area contributed by atoms with Gasteiger partial charge in [-0.3, -0.25) is 0 Å². The summed E-state index contributed by atoms with van der Waals surface area (Å²) in [6.45, 7) is 9.77. The highest BCUT2D eigenvalue weighted by Gasteiger charge is 2.38. The predicted octanol–water partition coefficient (Wildman–Crippen LogP) is 5.17. The molecule has 0 bridgehead atoms. The van der Waals surface area contributed by atoms with Gasteiger partial charge < -0.3 is 5.32 Å². The molecule has 1 saturated carbocycles. The summed E-state index contributed by atoms with van der Waals surface area (Å²) in [4.78, 5) is 0. The van der Waals surface area contributed by atoms with E-state index >= 15 is 0 Å². The fourth-order valence-electron chi connectivity index (χ4n) is 3.94. The van der Waals surface area contributed by atoms with Gasteiger partial charge in [0.2, 0.25) is 0 Å². The zero-order valence-electron chi connectivity index (χ0n) is 12.9. The van der Waals surface area contributed by atoms with E-state index in [0.29, 0.717) is 34.0 Å². The molecule has 0 atom stereocenters. The molecule has 1 aromatic carbocycles. The van der Waals surface area contributed by atoms with Crippen molar-refractivity contribution in [3.8, 4) is 0 Å². The molecule has 0 radical (unpaired) electrons. The fourth-order valence-corrected chi connectivity index (χ4v) is 4.17. The first-order valence-corrected chi connectivity index (χ1v) is 7.73. The fraction of sp³-hybridized carbons (Fsp3) is 0.647. The average Bonchev–Trinajstić information content (AvgIpc) is 2.23. The van der Waals surface area contributed by atoms with Crippen molar-refractivity contribution in [1.29, 1.82) is 0 Å². The van der Waals surface area contributed by atoms with Crippen LogP contribution in [0.1, 0.15) is 52.5 Å². The number of rotatable bonds is 3. The van der Waals surface area contributed by atoms with Crippen LogP contribution in [0, 0.1) is 16.6 Å². The van der Waals surface area contributed by atoms with Gasteiger partial charge in [0.1, 0.15) is 5.82 Å². The molecule has 0 heterocycles. The maximum absolute atomic E-state index is 13.8. The van der Waals surface area contributed by atoms with Crippen molar-refractivity contribution in [3.63, 3.8) is 0 Å². The quantitative estimate of drug-likeness (QED) is 0.811. The number of benzene rings is 1. The van der Waals surface area contributed by atoms with Crippen LogP contribution in [0.5, 0.6) is 0 Å². The second kappa shape index (κ2) is 5.65. The van der Waals surface area contributed by atoms with Gasteiger partial charge in [-0.1, -0.05) is 45.4 Å². The summed E-state index contributed by atoms with van der Waals surface area (Å²) in [5, 5.41) is 4.01. The molecule has 0 saturated heterocycles. The van der Waals surface area contributed by atoms with Crippen LogP contribution >= 0.6 is 11.6 Å². The first-order valence-electron chi connectivity index (χ1n) is 7.35. The van der Waals surface area contributed by atoms with E-state index in [1.807, 2.05) is 0 Å². The van der Waals surface area contributed by atoms with Crippen molar-refractivity contribution >= 4 is 11.6 Å². The largest absolute Gasteiger partial charge is 0.310 e. The van der Waals surface area contributed by atoms with E-state index in [1.165, 1.54) is 12.5 Å². The lowest BCUT2D eigenvalue weighted by atomic mass is 9.63. The van der Waals surface area contributed by atoms with Crippen LogP contribution in [0.3, 0.4) is 0 Å². The van der Waals surface area contributed by atoms with Gasteiger partial charge in [-0.25, -0.2) is 4.39 Å². The van der Waals surface area contributed by atoms with E-state index in [4.69, 9.17) is 11.6 Å². The Morgan fingerprint density at radius 2 is 1.80 bits per heavy atom. The van der Waals surface area contributed by atoms with E-state index in [9.17, 15) is 4.39 Å². The maximum atomic E-state index is 13.8. The van der Waals surface area contributed by atoms with Crippen molar-refractivity contribution in [2.75, 3.05) is 0 Å². The molecule has 1 nitrogen and oxygen atoms in total. The highest BCUT2D eigenvalue weighted by Crippen LogP contribution is 2.45.